The second-order valence-corrected chi connectivity index (χ2v) is 9.35. The Morgan fingerprint density at radius 3 is 2.74 bits per heavy atom. The van der Waals surface area contributed by atoms with Crippen molar-refractivity contribution in [2.24, 2.45) is 5.92 Å². The molecule has 2 aliphatic rings. The van der Waals surface area contributed by atoms with Crippen LogP contribution >= 0.6 is 0 Å². The number of ether oxygens (including phenoxy) is 2. The number of carboxylic acids is 1. The first-order valence-corrected chi connectivity index (χ1v) is 12.2. The third-order valence-corrected chi connectivity index (χ3v) is 7.10. The highest BCUT2D eigenvalue weighted by Gasteiger charge is 2.44. The first-order chi connectivity index (χ1) is 16.4. The molecule has 4 rings (SSSR count). The highest BCUT2D eigenvalue weighted by Crippen LogP contribution is 2.33. The van der Waals surface area contributed by atoms with Crippen molar-refractivity contribution in [3.8, 4) is 17.2 Å². The van der Waals surface area contributed by atoms with Crippen LogP contribution in [0.1, 0.15) is 69.7 Å². The van der Waals surface area contributed by atoms with E-state index in [1.54, 1.807) is 7.11 Å². The maximum atomic E-state index is 12.9. The second kappa shape index (κ2) is 10.6. The summed E-state index contributed by atoms with van der Waals surface area (Å²) in [5.41, 5.74) is 0.509. The molecule has 2 saturated carbocycles. The summed E-state index contributed by atoms with van der Waals surface area (Å²) in [6.45, 7) is 2.33. The third kappa shape index (κ3) is 5.27. The standard InChI is InChI=1S/C26H34N2O6/c1-3-22-21(27-24(34-22)18-9-7-10-19(15-18)32-2)16-33-20-11-6-8-17(14-20)23(29)28-26(25(30)31)12-4-5-13-26/h7,9-10,15,17,20H,3-6,8,11-14,16H2,1-2H3,(H,28,29)(H,30,31). The van der Waals surface area contributed by atoms with Gasteiger partial charge in [0.15, 0.2) is 0 Å². The van der Waals surface area contributed by atoms with E-state index in [1.807, 2.05) is 31.2 Å². The fraction of sp³-hybridized carbons (Fsp3) is 0.577. The van der Waals surface area contributed by atoms with Crippen molar-refractivity contribution in [2.45, 2.75) is 83.0 Å². The van der Waals surface area contributed by atoms with Crippen LogP contribution in [0.5, 0.6) is 5.75 Å². The third-order valence-electron chi connectivity index (χ3n) is 7.10. The molecule has 8 nitrogen and oxygen atoms in total. The molecule has 2 unspecified atom stereocenters. The molecule has 2 atom stereocenters. The number of amides is 1. The number of hydrogen-bond acceptors (Lipinski definition) is 6. The Labute approximate surface area is 200 Å². The van der Waals surface area contributed by atoms with Gasteiger partial charge in [-0.1, -0.05) is 32.3 Å². The van der Waals surface area contributed by atoms with Crippen molar-refractivity contribution in [3.05, 3.63) is 35.7 Å². The zero-order valence-electron chi connectivity index (χ0n) is 20.0. The minimum absolute atomic E-state index is 0.0736. The van der Waals surface area contributed by atoms with E-state index in [0.29, 0.717) is 38.2 Å². The molecule has 2 aromatic rings. The first kappa shape index (κ1) is 24.3. The van der Waals surface area contributed by atoms with Crippen LogP contribution in [0.3, 0.4) is 0 Å². The molecule has 0 bridgehead atoms. The number of benzene rings is 1. The van der Waals surface area contributed by atoms with Gasteiger partial charge in [0, 0.05) is 17.9 Å². The lowest BCUT2D eigenvalue weighted by molar-refractivity contribution is -0.148. The van der Waals surface area contributed by atoms with E-state index in [4.69, 9.17) is 13.9 Å². The predicted molar refractivity (Wildman–Crippen MR) is 125 cm³/mol. The Morgan fingerprint density at radius 1 is 1.24 bits per heavy atom. The largest absolute Gasteiger partial charge is 0.497 e. The Morgan fingerprint density at radius 2 is 2.03 bits per heavy atom. The summed E-state index contributed by atoms with van der Waals surface area (Å²) >= 11 is 0. The summed E-state index contributed by atoms with van der Waals surface area (Å²) in [5.74, 6) is 0.741. The number of hydrogen-bond donors (Lipinski definition) is 2. The van der Waals surface area contributed by atoms with E-state index >= 15 is 0 Å². The summed E-state index contributed by atoms with van der Waals surface area (Å²) < 4.78 is 17.5. The van der Waals surface area contributed by atoms with Gasteiger partial charge in [0.1, 0.15) is 22.7 Å². The van der Waals surface area contributed by atoms with Gasteiger partial charge in [-0.05, 0) is 50.3 Å². The monoisotopic (exact) mass is 470 g/mol. The fourth-order valence-corrected chi connectivity index (χ4v) is 5.09. The maximum Gasteiger partial charge on any atom is 0.329 e. The molecule has 0 radical (unpaired) electrons. The molecule has 184 valence electrons. The molecule has 1 aromatic heterocycles. The van der Waals surface area contributed by atoms with Crippen LogP contribution in [0.2, 0.25) is 0 Å². The lowest BCUT2D eigenvalue weighted by atomic mass is 9.85. The summed E-state index contributed by atoms with van der Waals surface area (Å²) in [4.78, 5) is 29.4. The first-order valence-electron chi connectivity index (χ1n) is 12.2. The lowest BCUT2D eigenvalue weighted by Gasteiger charge is -2.32. The van der Waals surface area contributed by atoms with E-state index in [1.165, 1.54) is 0 Å². The van der Waals surface area contributed by atoms with E-state index in [9.17, 15) is 14.7 Å². The normalized spacial score (nSPS) is 21.8. The average molecular weight is 471 g/mol. The Hall–Kier alpha value is -2.87. The molecule has 0 saturated heterocycles. The fourth-order valence-electron chi connectivity index (χ4n) is 5.09. The van der Waals surface area contributed by atoms with Gasteiger partial charge in [-0.2, -0.15) is 0 Å². The van der Waals surface area contributed by atoms with E-state index in [0.717, 1.165) is 54.9 Å². The van der Waals surface area contributed by atoms with Crippen LogP contribution in [-0.2, 0) is 27.4 Å². The van der Waals surface area contributed by atoms with Gasteiger partial charge >= 0.3 is 5.97 Å². The molecule has 1 heterocycles. The zero-order valence-corrected chi connectivity index (χ0v) is 20.0. The molecule has 34 heavy (non-hydrogen) atoms. The van der Waals surface area contributed by atoms with Crippen molar-refractivity contribution >= 4 is 11.9 Å². The molecule has 2 fully saturated rings. The molecule has 2 aliphatic carbocycles. The van der Waals surface area contributed by atoms with Crippen LogP contribution < -0.4 is 10.1 Å². The maximum absolute atomic E-state index is 12.9. The number of aliphatic carboxylic acids is 1. The molecule has 1 aromatic carbocycles. The molecule has 0 aliphatic heterocycles. The van der Waals surface area contributed by atoms with E-state index in [2.05, 4.69) is 10.3 Å². The zero-order chi connectivity index (χ0) is 24.1. The highest BCUT2D eigenvalue weighted by atomic mass is 16.5. The highest BCUT2D eigenvalue weighted by molar-refractivity contribution is 5.88. The van der Waals surface area contributed by atoms with Crippen molar-refractivity contribution in [2.75, 3.05) is 7.11 Å². The quantitative estimate of drug-likeness (QED) is 0.555. The van der Waals surface area contributed by atoms with Crippen molar-refractivity contribution in [1.29, 1.82) is 0 Å². The van der Waals surface area contributed by atoms with Gasteiger partial charge in [0.05, 0.1) is 19.8 Å². The minimum Gasteiger partial charge on any atom is -0.497 e. The number of oxazole rings is 1. The summed E-state index contributed by atoms with van der Waals surface area (Å²) in [5, 5.41) is 12.5. The molecule has 8 heteroatoms. The molecule has 0 spiro atoms. The topological polar surface area (TPSA) is 111 Å². The lowest BCUT2D eigenvalue weighted by Crippen LogP contribution is -2.54. The summed E-state index contributed by atoms with van der Waals surface area (Å²) in [7, 11) is 1.62. The smallest absolute Gasteiger partial charge is 0.329 e. The number of aryl methyl sites for hydroxylation is 1. The van der Waals surface area contributed by atoms with Crippen LogP contribution in [-0.4, -0.2) is 40.7 Å². The van der Waals surface area contributed by atoms with Crippen LogP contribution in [0.4, 0.5) is 0 Å². The van der Waals surface area contributed by atoms with Crippen molar-refractivity contribution in [3.63, 3.8) is 0 Å². The minimum atomic E-state index is -1.10. The Kier molecular flexibility index (Phi) is 7.56. The average Bonchev–Trinajstić information content (AvgIpc) is 3.51. The Bertz CT molecular complexity index is 1010. The van der Waals surface area contributed by atoms with Crippen molar-refractivity contribution < 1.29 is 28.6 Å². The van der Waals surface area contributed by atoms with Crippen LogP contribution in [0, 0.1) is 5.92 Å². The number of rotatable bonds is 9. The molecular formula is C26H34N2O6. The SMILES string of the molecule is CCc1oc(-c2cccc(OC)c2)nc1COC1CCCC(C(=O)NC2(C(=O)O)CCCC2)C1. The summed E-state index contributed by atoms with van der Waals surface area (Å²) in [6, 6.07) is 7.58. The number of carbonyl (C=O) groups excluding carboxylic acids is 1. The predicted octanol–water partition coefficient (Wildman–Crippen LogP) is 4.50. The summed E-state index contributed by atoms with van der Waals surface area (Å²) in [6.07, 6.45) is 6.38. The van der Waals surface area contributed by atoms with Gasteiger partial charge in [-0.25, -0.2) is 9.78 Å². The number of aromatic nitrogens is 1. The molecule has 2 N–H and O–H groups in total. The number of methoxy groups -OCH3 is 1. The van der Waals surface area contributed by atoms with Gasteiger partial charge < -0.3 is 24.3 Å². The van der Waals surface area contributed by atoms with Crippen LogP contribution in [0.15, 0.2) is 28.7 Å². The number of carbonyl (C=O) groups is 2. The van der Waals surface area contributed by atoms with E-state index < -0.39 is 11.5 Å². The number of nitrogens with zero attached hydrogens (tertiary/aromatic N) is 1. The van der Waals surface area contributed by atoms with Gasteiger partial charge in [0.2, 0.25) is 11.8 Å². The van der Waals surface area contributed by atoms with Gasteiger partial charge in [-0.3, -0.25) is 4.79 Å². The van der Waals surface area contributed by atoms with Crippen LogP contribution in [0.25, 0.3) is 11.5 Å². The number of nitrogens with one attached hydrogen (secondary N) is 1. The molecule has 1 amide bonds. The van der Waals surface area contributed by atoms with Gasteiger partial charge in [-0.15, -0.1) is 0 Å². The van der Waals surface area contributed by atoms with Crippen molar-refractivity contribution in [1.82, 2.24) is 10.3 Å². The second-order valence-electron chi connectivity index (χ2n) is 9.35. The molecular weight excluding hydrogens is 436 g/mol. The number of carboxylic acid groups (broad SMARTS) is 1. The van der Waals surface area contributed by atoms with Gasteiger partial charge in [0.25, 0.3) is 0 Å². The Balaban J connectivity index is 1.37. The van der Waals surface area contributed by atoms with E-state index in [-0.39, 0.29) is 17.9 Å².